The second-order valence-electron chi connectivity index (χ2n) is 5.38. The van der Waals surface area contributed by atoms with Crippen LogP contribution in [0.5, 0.6) is 0 Å². The molecular formula is C17H16N4O3. The number of ketones is 1. The summed E-state index contributed by atoms with van der Waals surface area (Å²) in [5.74, 6) is -1.08. The number of anilines is 1. The first-order valence-corrected chi connectivity index (χ1v) is 7.06. The number of nitrogens with zero attached hydrogens (tertiary/aromatic N) is 3. The second-order valence-corrected chi connectivity index (χ2v) is 5.38. The molecule has 0 spiro atoms. The van der Waals surface area contributed by atoms with Gasteiger partial charge >= 0.3 is 5.69 Å². The molecule has 24 heavy (non-hydrogen) atoms. The Morgan fingerprint density at radius 1 is 1.25 bits per heavy atom. The Labute approximate surface area is 137 Å². The lowest BCUT2D eigenvalue weighted by Crippen LogP contribution is -2.41. The van der Waals surface area contributed by atoms with Crippen molar-refractivity contribution in [3.8, 4) is 6.07 Å². The van der Waals surface area contributed by atoms with E-state index < -0.39 is 17.0 Å². The zero-order valence-electron chi connectivity index (χ0n) is 13.5. The highest BCUT2D eigenvalue weighted by Crippen LogP contribution is 2.14. The lowest BCUT2D eigenvalue weighted by molar-refractivity contribution is 0.103. The van der Waals surface area contributed by atoms with Crippen LogP contribution < -0.4 is 17.0 Å². The summed E-state index contributed by atoms with van der Waals surface area (Å²) in [6.45, 7) is 1.88. The number of carbonyl (C=O) groups excluding carboxylic acids is 1. The fourth-order valence-corrected chi connectivity index (χ4v) is 2.28. The van der Waals surface area contributed by atoms with E-state index in [1.54, 1.807) is 24.3 Å². The quantitative estimate of drug-likeness (QED) is 0.509. The highest BCUT2D eigenvalue weighted by molar-refractivity contribution is 6.16. The van der Waals surface area contributed by atoms with Crippen molar-refractivity contribution >= 4 is 17.7 Å². The van der Waals surface area contributed by atoms with Crippen LogP contribution in [0, 0.1) is 18.3 Å². The summed E-state index contributed by atoms with van der Waals surface area (Å²) in [6, 6.07) is 9.00. The molecule has 2 N–H and O–H groups in total. The Kier molecular flexibility index (Phi) is 4.51. The van der Waals surface area contributed by atoms with Gasteiger partial charge in [-0.05, 0) is 18.6 Å². The molecule has 122 valence electrons. The molecule has 1 heterocycles. The summed E-state index contributed by atoms with van der Waals surface area (Å²) >= 11 is 0. The molecule has 0 amide bonds. The van der Waals surface area contributed by atoms with Gasteiger partial charge in [0.05, 0.1) is 0 Å². The van der Waals surface area contributed by atoms with Crippen molar-refractivity contribution in [3.05, 3.63) is 67.4 Å². The maximum absolute atomic E-state index is 12.6. The molecule has 0 saturated heterocycles. The minimum absolute atomic E-state index is 0.233. The van der Waals surface area contributed by atoms with E-state index >= 15 is 0 Å². The van der Waals surface area contributed by atoms with E-state index in [1.165, 1.54) is 20.2 Å². The third kappa shape index (κ3) is 2.90. The first kappa shape index (κ1) is 17.0. The number of benzene rings is 1. The van der Waals surface area contributed by atoms with Gasteiger partial charge in [-0.1, -0.05) is 29.8 Å². The predicted molar refractivity (Wildman–Crippen MR) is 90.4 cm³/mol. The summed E-state index contributed by atoms with van der Waals surface area (Å²) in [4.78, 5) is 36.7. The molecule has 0 fully saturated rings. The molecule has 0 radical (unpaired) electrons. The van der Waals surface area contributed by atoms with E-state index in [-0.39, 0.29) is 17.0 Å². The number of rotatable bonds is 3. The SMILES string of the molecule is Cc1cccc(/C=C(\C#N)C(=O)c2c(N)n(C)c(=O)n(C)c2=O)c1. The van der Waals surface area contributed by atoms with Gasteiger partial charge in [-0.3, -0.25) is 18.7 Å². The van der Waals surface area contributed by atoms with Crippen LogP contribution in [0.2, 0.25) is 0 Å². The van der Waals surface area contributed by atoms with Crippen molar-refractivity contribution in [2.75, 3.05) is 5.73 Å². The van der Waals surface area contributed by atoms with E-state index in [1.807, 2.05) is 13.0 Å². The van der Waals surface area contributed by atoms with Crippen molar-refractivity contribution in [2.24, 2.45) is 14.1 Å². The topological polar surface area (TPSA) is 111 Å². The molecule has 2 rings (SSSR count). The number of carbonyl (C=O) groups is 1. The lowest BCUT2D eigenvalue weighted by atomic mass is 10.0. The molecule has 1 aromatic carbocycles. The normalized spacial score (nSPS) is 11.2. The van der Waals surface area contributed by atoms with Gasteiger partial charge in [0, 0.05) is 14.1 Å². The van der Waals surface area contributed by atoms with E-state index in [2.05, 4.69) is 0 Å². The van der Waals surface area contributed by atoms with Gasteiger partial charge < -0.3 is 5.73 Å². The molecule has 7 heteroatoms. The van der Waals surface area contributed by atoms with Gasteiger partial charge in [-0.25, -0.2) is 4.79 Å². The summed E-state index contributed by atoms with van der Waals surface area (Å²) in [5.41, 5.74) is 5.28. The monoisotopic (exact) mass is 324 g/mol. The number of hydrogen-bond acceptors (Lipinski definition) is 5. The Morgan fingerprint density at radius 2 is 1.92 bits per heavy atom. The van der Waals surface area contributed by atoms with Gasteiger partial charge in [0.15, 0.2) is 0 Å². The summed E-state index contributed by atoms with van der Waals surface area (Å²) in [5, 5.41) is 9.31. The predicted octanol–water partition coefficient (Wildman–Crippen LogP) is 0.764. The molecule has 2 aromatic rings. The van der Waals surface area contributed by atoms with E-state index in [0.717, 1.165) is 14.7 Å². The van der Waals surface area contributed by atoms with Gasteiger partial charge in [-0.15, -0.1) is 0 Å². The number of aryl methyl sites for hydroxylation is 1. The average molecular weight is 324 g/mol. The standard InChI is InChI=1S/C17H16N4O3/c1-10-5-4-6-11(7-10)8-12(9-18)14(22)13-15(19)20(2)17(24)21(3)16(13)23/h4-8H,19H2,1-3H3/b12-8+. The molecule has 0 atom stereocenters. The highest BCUT2D eigenvalue weighted by atomic mass is 16.2. The number of aromatic nitrogens is 2. The molecule has 0 saturated carbocycles. The van der Waals surface area contributed by atoms with Crippen molar-refractivity contribution in [1.29, 1.82) is 5.26 Å². The van der Waals surface area contributed by atoms with Crippen LogP contribution >= 0.6 is 0 Å². The van der Waals surface area contributed by atoms with Crippen LogP contribution in [0.25, 0.3) is 6.08 Å². The molecular weight excluding hydrogens is 308 g/mol. The Balaban J connectivity index is 2.66. The fourth-order valence-electron chi connectivity index (χ4n) is 2.28. The minimum Gasteiger partial charge on any atom is -0.384 e. The van der Waals surface area contributed by atoms with Crippen molar-refractivity contribution in [1.82, 2.24) is 9.13 Å². The number of nitrogens with two attached hydrogens (primary N) is 1. The average Bonchev–Trinajstić information content (AvgIpc) is 2.56. The summed E-state index contributed by atoms with van der Waals surface area (Å²) < 4.78 is 1.78. The van der Waals surface area contributed by atoms with E-state index in [0.29, 0.717) is 5.56 Å². The zero-order valence-corrected chi connectivity index (χ0v) is 13.5. The molecule has 0 aliphatic heterocycles. The number of nitrogen functional groups attached to an aromatic ring is 1. The Morgan fingerprint density at radius 3 is 2.50 bits per heavy atom. The van der Waals surface area contributed by atoms with Gasteiger partial charge in [0.25, 0.3) is 5.56 Å². The fraction of sp³-hybridized carbons (Fsp3) is 0.176. The molecule has 0 unspecified atom stereocenters. The molecule has 1 aromatic heterocycles. The zero-order chi connectivity index (χ0) is 18.0. The van der Waals surface area contributed by atoms with Gasteiger partial charge in [0.2, 0.25) is 5.78 Å². The third-order valence-electron chi connectivity index (χ3n) is 3.66. The van der Waals surface area contributed by atoms with Crippen LogP contribution in [0.1, 0.15) is 21.5 Å². The minimum atomic E-state index is -0.828. The van der Waals surface area contributed by atoms with Crippen LogP contribution in [0.3, 0.4) is 0 Å². The van der Waals surface area contributed by atoms with Crippen LogP contribution in [-0.2, 0) is 14.1 Å². The van der Waals surface area contributed by atoms with Crippen molar-refractivity contribution in [3.63, 3.8) is 0 Å². The molecule has 0 aliphatic carbocycles. The van der Waals surface area contributed by atoms with Crippen molar-refractivity contribution < 1.29 is 4.79 Å². The van der Waals surface area contributed by atoms with Crippen molar-refractivity contribution in [2.45, 2.75) is 6.92 Å². The molecule has 0 bridgehead atoms. The maximum Gasteiger partial charge on any atom is 0.332 e. The number of allylic oxidation sites excluding steroid dienone is 1. The first-order valence-electron chi connectivity index (χ1n) is 7.06. The largest absolute Gasteiger partial charge is 0.384 e. The van der Waals surface area contributed by atoms with Gasteiger partial charge in [0.1, 0.15) is 23.0 Å². The molecule has 0 aliphatic rings. The number of Topliss-reactive ketones (excluding diaryl/α,β-unsaturated/α-hetero) is 1. The van der Waals surface area contributed by atoms with E-state index in [4.69, 9.17) is 5.73 Å². The van der Waals surface area contributed by atoms with Crippen LogP contribution in [0.4, 0.5) is 5.82 Å². The highest BCUT2D eigenvalue weighted by Gasteiger charge is 2.23. The smallest absolute Gasteiger partial charge is 0.332 e. The lowest BCUT2D eigenvalue weighted by Gasteiger charge is -2.10. The maximum atomic E-state index is 12.6. The summed E-state index contributed by atoms with van der Waals surface area (Å²) in [7, 11) is 2.60. The summed E-state index contributed by atoms with van der Waals surface area (Å²) in [6.07, 6.45) is 1.39. The van der Waals surface area contributed by atoms with Crippen LogP contribution in [0.15, 0.2) is 39.4 Å². The second kappa shape index (κ2) is 6.38. The first-order chi connectivity index (χ1) is 11.3. The number of nitriles is 1. The molecule has 7 nitrogen and oxygen atoms in total. The third-order valence-corrected chi connectivity index (χ3v) is 3.66. The Hall–Kier alpha value is -3.40. The van der Waals surface area contributed by atoms with E-state index in [9.17, 15) is 19.6 Å². The van der Waals surface area contributed by atoms with Gasteiger partial charge in [-0.2, -0.15) is 5.26 Å². The Bertz CT molecular complexity index is 1020. The number of hydrogen-bond donors (Lipinski definition) is 1. The van der Waals surface area contributed by atoms with Crippen LogP contribution in [-0.4, -0.2) is 14.9 Å².